The minimum atomic E-state index is -0.678. The first-order valence-corrected chi connectivity index (χ1v) is 8.97. The fraction of sp³-hybridized carbons (Fsp3) is 0.227. The van der Waals surface area contributed by atoms with Crippen LogP contribution in [0.2, 0.25) is 0 Å². The maximum Gasteiger partial charge on any atom is 0.335 e. The topological polar surface area (TPSA) is 110 Å². The molecule has 0 radical (unpaired) electrons. The van der Waals surface area contributed by atoms with Gasteiger partial charge >= 0.3 is 5.97 Å². The van der Waals surface area contributed by atoms with Crippen molar-refractivity contribution in [2.75, 3.05) is 6.61 Å². The van der Waals surface area contributed by atoms with E-state index in [9.17, 15) is 19.7 Å². The van der Waals surface area contributed by atoms with E-state index in [-0.39, 0.29) is 35.6 Å². The average Bonchev–Trinajstić information content (AvgIpc) is 2.67. The van der Waals surface area contributed by atoms with Crippen molar-refractivity contribution < 1.29 is 19.2 Å². The third-order valence-corrected chi connectivity index (χ3v) is 4.10. The van der Waals surface area contributed by atoms with Gasteiger partial charge in [-0.3, -0.25) is 14.9 Å². The minimum absolute atomic E-state index is 0.0476. The van der Waals surface area contributed by atoms with Gasteiger partial charge in [0.05, 0.1) is 35.2 Å². The number of ether oxygens (including phenoxy) is 1. The molecule has 0 amide bonds. The summed E-state index contributed by atoms with van der Waals surface area (Å²) in [6.07, 6.45) is 1.44. The van der Waals surface area contributed by atoms with E-state index >= 15 is 0 Å². The molecule has 0 atom stereocenters. The Morgan fingerprint density at radius 1 is 1.17 bits per heavy atom. The molecule has 0 spiro atoms. The van der Waals surface area contributed by atoms with Gasteiger partial charge in [-0.05, 0) is 48.7 Å². The Balaban J connectivity index is 2.50. The van der Waals surface area contributed by atoms with E-state index in [1.807, 2.05) is 30.3 Å². The van der Waals surface area contributed by atoms with Gasteiger partial charge in [0, 0.05) is 12.5 Å². The second kappa shape index (κ2) is 9.95. The normalized spacial score (nSPS) is 10.9. The highest BCUT2D eigenvalue weighted by atomic mass is 16.6. The van der Waals surface area contributed by atoms with Gasteiger partial charge in [-0.2, -0.15) is 5.26 Å². The first-order valence-electron chi connectivity index (χ1n) is 8.97. The molecular weight excluding hydrogens is 372 g/mol. The maximum atomic E-state index is 12.1. The average molecular weight is 392 g/mol. The lowest BCUT2D eigenvalue weighted by molar-refractivity contribution is -0.385. The van der Waals surface area contributed by atoms with Gasteiger partial charge in [-0.1, -0.05) is 24.3 Å². The summed E-state index contributed by atoms with van der Waals surface area (Å²) in [7, 11) is 0. The molecule has 2 aromatic carbocycles. The first-order chi connectivity index (χ1) is 13.8. The molecule has 0 unspecified atom stereocenters. The van der Waals surface area contributed by atoms with Crippen LogP contribution in [0.25, 0.3) is 17.2 Å². The van der Waals surface area contributed by atoms with Crippen LogP contribution in [0, 0.1) is 21.4 Å². The lowest BCUT2D eigenvalue weighted by Crippen LogP contribution is -2.07. The molecule has 0 heterocycles. The SMILES string of the molecule is CCOC(=O)/C(=C/c1cc(-c2ccc(CC(C)=O)cc2)ccc1[N+](=O)[O-])CC#N. The standard InChI is InChI=1S/C22H20N2O5/c1-3-29-22(26)19(10-11-23)14-20-13-18(8-9-21(20)24(27)28)17-6-4-16(5-7-17)12-15(2)25/h4-9,13-14H,3,10,12H2,1-2H3/b19-14+. The monoisotopic (exact) mass is 392 g/mol. The van der Waals surface area contributed by atoms with E-state index in [4.69, 9.17) is 10.00 Å². The van der Waals surface area contributed by atoms with Crippen molar-refractivity contribution in [1.29, 1.82) is 5.26 Å². The van der Waals surface area contributed by atoms with Crippen LogP contribution in [0.1, 0.15) is 31.4 Å². The van der Waals surface area contributed by atoms with Gasteiger partial charge < -0.3 is 4.74 Å². The second-order valence-electron chi connectivity index (χ2n) is 6.33. The molecule has 0 saturated carbocycles. The number of rotatable bonds is 8. The lowest BCUT2D eigenvalue weighted by atomic mass is 9.98. The Morgan fingerprint density at radius 2 is 1.83 bits per heavy atom. The van der Waals surface area contributed by atoms with E-state index in [1.165, 1.54) is 19.1 Å². The number of ketones is 1. The number of esters is 1. The van der Waals surface area contributed by atoms with E-state index in [0.29, 0.717) is 12.0 Å². The van der Waals surface area contributed by atoms with E-state index < -0.39 is 10.9 Å². The largest absolute Gasteiger partial charge is 0.463 e. The quantitative estimate of drug-likeness (QED) is 0.287. The number of carbonyl (C=O) groups is 2. The molecule has 0 aliphatic rings. The van der Waals surface area contributed by atoms with Crippen molar-refractivity contribution in [3.05, 3.63) is 69.3 Å². The van der Waals surface area contributed by atoms with Crippen LogP contribution in [-0.4, -0.2) is 23.3 Å². The fourth-order valence-corrected chi connectivity index (χ4v) is 2.80. The number of nitrogens with zero attached hydrogens (tertiary/aromatic N) is 2. The number of hydrogen-bond acceptors (Lipinski definition) is 6. The van der Waals surface area contributed by atoms with E-state index in [1.54, 1.807) is 19.1 Å². The van der Waals surface area contributed by atoms with Crippen LogP contribution >= 0.6 is 0 Å². The second-order valence-corrected chi connectivity index (χ2v) is 6.33. The van der Waals surface area contributed by atoms with Gasteiger partial charge in [0.2, 0.25) is 0 Å². The Kier molecular flexibility index (Phi) is 7.38. The summed E-state index contributed by atoms with van der Waals surface area (Å²) in [5.41, 5.74) is 2.46. The van der Waals surface area contributed by atoms with Crippen LogP contribution in [0.15, 0.2) is 48.0 Å². The summed E-state index contributed by atoms with van der Waals surface area (Å²) in [4.78, 5) is 34.2. The van der Waals surface area contributed by atoms with Gasteiger partial charge in [-0.15, -0.1) is 0 Å². The molecule has 2 aromatic rings. The number of nitro groups is 1. The van der Waals surface area contributed by atoms with Crippen molar-refractivity contribution in [3.63, 3.8) is 0 Å². The Morgan fingerprint density at radius 3 is 2.38 bits per heavy atom. The zero-order chi connectivity index (χ0) is 21.4. The van der Waals surface area contributed by atoms with Crippen LogP contribution in [0.5, 0.6) is 0 Å². The Labute approximate surface area is 168 Å². The van der Waals surface area contributed by atoms with Crippen molar-refractivity contribution in [2.24, 2.45) is 0 Å². The van der Waals surface area contributed by atoms with Crippen molar-refractivity contribution in [1.82, 2.24) is 0 Å². The minimum Gasteiger partial charge on any atom is -0.463 e. The van der Waals surface area contributed by atoms with E-state index in [2.05, 4.69) is 0 Å². The van der Waals surface area contributed by atoms with Crippen LogP contribution < -0.4 is 0 Å². The third-order valence-electron chi connectivity index (χ3n) is 4.10. The number of Topliss-reactive ketones (excluding diaryl/α,β-unsaturated/α-hetero) is 1. The molecule has 0 bridgehead atoms. The van der Waals surface area contributed by atoms with Crippen LogP contribution in [0.4, 0.5) is 5.69 Å². The molecule has 0 N–H and O–H groups in total. The lowest BCUT2D eigenvalue weighted by Gasteiger charge is -2.07. The van der Waals surface area contributed by atoms with Gasteiger partial charge in [0.1, 0.15) is 5.78 Å². The molecule has 7 heteroatoms. The van der Waals surface area contributed by atoms with Gasteiger partial charge in [-0.25, -0.2) is 4.79 Å². The highest BCUT2D eigenvalue weighted by Crippen LogP contribution is 2.29. The predicted molar refractivity (Wildman–Crippen MR) is 108 cm³/mol. The van der Waals surface area contributed by atoms with Crippen molar-refractivity contribution in [3.8, 4) is 17.2 Å². The maximum absolute atomic E-state index is 12.1. The summed E-state index contributed by atoms with van der Waals surface area (Å²) in [5.74, 6) is -0.619. The summed E-state index contributed by atoms with van der Waals surface area (Å²) in [6, 6.07) is 13.8. The molecule has 148 valence electrons. The number of benzene rings is 2. The zero-order valence-corrected chi connectivity index (χ0v) is 16.2. The Hall–Kier alpha value is -3.79. The molecular formula is C22H20N2O5. The Bertz CT molecular complexity index is 1000. The summed E-state index contributed by atoms with van der Waals surface area (Å²) < 4.78 is 4.93. The van der Waals surface area contributed by atoms with Gasteiger partial charge in [0.15, 0.2) is 0 Å². The molecule has 7 nitrogen and oxygen atoms in total. The molecule has 0 aliphatic heterocycles. The summed E-state index contributed by atoms with van der Waals surface area (Å²) in [5, 5.41) is 20.4. The smallest absolute Gasteiger partial charge is 0.335 e. The van der Waals surface area contributed by atoms with Crippen molar-refractivity contribution >= 4 is 23.5 Å². The number of hydrogen-bond donors (Lipinski definition) is 0. The highest BCUT2D eigenvalue weighted by Gasteiger charge is 2.17. The zero-order valence-electron chi connectivity index (χ0n) is 16.2. The molecule has 0 aromatic heterocycles. The van der Waals surface area contributed by atoms with Crippen LogP contribution in [-0.2, 0) is 20.7 Å². The van der Waals surface area contributed by atoms with Gasteiger partial charge in [0.25, 0.3) is 5.69 Å². The summed E-state index contributed by atoms with van der Waals surface area (Å²) >= 11 is 0. The van der Waals surface area contributed by atoms with Crippen molar-refractivity contribution in [2.45, 2.75) is 26.7 Å². The molecule has 29 heavy (non-hydrogen) atoms. The molecule has 0 saturated heterocycles. The number of carbonyl (C=O) groups excluding carboxylic acids is 2. The molecule has 2 rings (SSSR count). The molecule has 0 aliphatic carbocycles. The van der Waals surface area contributed by atoms with Crippen LogP contribution in [0.3, 0.4) is 0 Å². The predicted octanol–water partition coefficient (Wildman–Crippen LogP) is 4.25. The third kappa shape index (κ3) is 5.84. The molecule has 0 fully saturated rings. The highest BCUT2D eigenvalue weighted by molar-refractivity contribution is 5.95. The summed E-state index contributed by atoms with van der Waals surface area (Å²) in [6.45, 7) is 3.29. The fourth-order valence-electron chi connectivity index (χ4n) is 2.80. The number of nitro benzene ring substituents is 1. The van der Waals surface area contributed by atoms with E-state index in [0.717, 1.165) is 11.1 Å². The first kappa shape index (κ1) is 21.5. The number of nitriles is 1.